The van der Waals surface area contributed by atoms with Crippen LogP contribution in [0, 0.1) is 5.82 Å². The average Bonchev–Trinajstić information content (AvgIpc) is 3.34. The number of aromatic hydroxyl groups is 1. The molecule has 1 fully saturated rings. The summed E-state index contributed by atoms with van der Waals surface area (Å²) in [5, 5.41) is 16.3. The van der Waals surface area contributed by atoms with E-state index in [0.717, 1.165) is 18.4 Å². The topological polar surface area (TPSA) is 119 Å². The number of benzene rings is 2. The highest BCUT2D eigenvalue weighted by molar-refractivity contribution is 5.77. The van der Waals surface area contributed by atoms with Crippen LogP contribution < -0.4 is 16.4 Å². The molecule has 1 aliphatic heterocycles. The van der Waals surface area contributed by atoms with Crippen LogP contribution in [0.5, 0.6) is 5.75 Å². The number of carbonyl (C=O) groups is 1. The molecule has 0 saturated carbocycles. The number of nitrogen functional groups attached to an aromatic ring is 1. The lowest BCUT2D eigenvalue weighted by Gasteiger charge is -2.13. The molecule has 0 bridgehead atoms. The van der Waals surface area contributed by atoms with E-state index in [9.17, 15) is 14.3 Å². The molecule has 184 valence electrons. The first-order valence-electron chi connectivity index (χ1n) is 11.4. The van der Waals surface area contributed by atoms with Gasteiger partial charge in [-0.3, -0.25) is 4.79 Å². The molecule has 5 N–H and O–H groups in total. The van der Waals surface area contributed by atoms with Crippen LogP contribution in [-0.4, -0.2) is 35.8 Å². The number of hydrogen-bond acceptors (Lipinski definition) is 7. The molecular weight excluding hydrogens is 451 g/mol. The van der Waals surface area contributed by atoms with Crippen molar-refractivity contribution in [3.05, 3.63) is 65.5 Å². The molecule has 0 aliphatic carbocycles. The second kappa shape index (κ2) is 11.2. The lowest BCUT2D eigenvalue weighted by molar-refractivity contribution is -0.123. The van der Waals surface area contributed by atoms with Crippen LogP contribution in [0.15, 0.2) is 48.5 Å². The van der Waals surface area contributed by atoms with Crippen molar-refractivity contribution in [1.82, 2.24) is 10.3 Å². The Bertz CT molecular complexity index is 1200. The fraction of sp³-hybridized carbons (Fsp3) is 0.308. The number of hydrogen-bond donors (Lipinski definition) is 4. The summed E-state index contributed by atoms with van der Waals surface area (Å²) < 4.78 is 25.0. The van der Waals surface area contributed by atoms with E-state index in [-0.39, 0.29) is 30.1 Å². The number of halogens is 1. The Morgan fingerprint density at radius 3 is 2.83 bits per heavy atom. The van der Waals surface area contributed by atoms with E-state index in [2.05, 4.69) is 15.6 Å². The summed E-state index contributed by atoms with van der Waals surface area (Å²) in [6.45, 7) is 1.27. The maximum absolute atomic E-state index is 14.5. The van der Waals surface area contributed by atoms with Gasteiger partial charge in [0.25, 0.3) is 0 Å². The predicted octanol–water partition coefficient (Wildman–Crippen LogP) is 4.25. The van der Waals surface area contributed by atoms with Crippen LogP contribution >= 0.6 is 0 Å². The number of pyridine rings is 1. The third-order valence-electron chi connectivity index (χ3n) is 5.82. The van der Waals surface area contributed by atoms with Gasteiger partial charge in [-0.05, 0) is 54.8 Å². The molecule has 0 spiro atoms. The number of ether oxygens (including phenoxy) is 2. The molecule has 8 nitrogen and oxygen atoms in total. The van der Waals surface area contributed by atoms with Crippen LogP contribution in [0.25, 0.3) is 11.3 Å². The third-order valence-corrected chi connectivity index (χ3v) is 5.82. The van der Waals surface area contributed by atoms with Crippen molar-refractivity contribution in [2.75, 3.05) is 24.8 Å². The lowest BCUT2D eigenvalue weighted by Crippen LogP contribution is -2.27. The zero-order valence-corrected chi connectivity index (χ0v) is 19.5. The zero-order valence-electron chi connectivity index (χ0n) is 19.5. The number of nitrogens with one attached hydrogen (secondary N) is 2. The van der Waals surface area contributed by atoms with Crippen LogP contribution in [0.3, 0.4) is 0 Å². The van der Waals surface area contributed by atoms with Gasteiger partial charge >= 0.3 is 0 Å². The normalized spacial score (nSPS) is 15.2. The number of nitrogens with two attached hydrogens (primary N) is 1. The maximum atomic E-state index is 14.5. The highest BCUT2D eigenvalue weighted by Crippen LogP contribution is 2.33. The van der Waals surface area contributed by atoms with E-state index in [1.807, 2.05) is 0 Å². The molecule has 4 rings (SSSR count). The third kappa shape index (κ3) is 6.26. The van der Waals surface area contributed by atoms with Crippen LogP contribution in [0.2, 0.25) is 0 Å². The molecule has 1 aromatic heterocycles. The number of methoxy groups -OCH3 is 1. The van der Waals surface area contributed by atoms with E-state index in [1.54, 1.807) is 43.5 Å². The van der Waals surface area contributed by atoms with E-state index in [0.29, 0.717) is 47.8 Å². The number of carbonyl (C=O) groups excluding carboxylic acids is 1. The minimum Gasteiger partial charge on any atom is -0.507 e. The first-order valence-corrected chi connectivity index (χ1v) is 11.4. The second-order valence-corrected chi connectivity index (χ2v) is 8.46. The molecule has 1 atom stereocenters. The average molecular weight is 481 g/mol. The summed E-state index contributed by atoms with van der Waals surface area (Å²) in [4.78, 5) is 16.6. The standard InChI is InChI=1S/C26H29FN4O4/c1-34-15-16-4-7-23(21(27)11-16)30-18-6-9-24(32)20(12-18)22-8-5-17(26(28)31-22)14-29-25(33)13-19-3-2-10-35-19/h4-9,11-12,19,30,32H,2-3,10,13-15H2,1H3,(H2,28,31)(H,29,33). The van der Waals surface area contributed by atoms with E-state index >= 15 is 0 Å². The number of anilines is 3. The van der Waals surface area contributed by atoms with Crippen LogP contribution in [0.4, 0.5) is 21.6 Å². The van der Waals surface area contributed by atoms with Gasteiger partial charge in [0.2, 0.25) is 5.91 Å². The summed E-state index contributed by atoms with van der Waals surface area (Å²) in [7, 11) is 1.55. The summed E-state index contributed by atoms with van der Waals surface area (Å²) in [5.74, 6) is -0.254. The highest BCUT2D eigenvalue weighted by Gasteiger charge is 2.19. The molecule has 1 amide bonds. The Labute approximate surface area is 203 Å². The number of phenolic OH excluding ortho intramolecular Hbond substituents is 1. The fourth-order valence-electron chi connectivity index (χ4n) is 3.97. The SMILES string of the molecule is COCc1ccc(Nc2ccc(O)c(-c3ccc(CNC(=O)CC4CCCO4)c(N)n3)c2)c(F)c1. The Kier molecular flexibility index (Phi) is 7.79. The van der Waals surface area contributed by atoms with Crippen molar-refractivity contribution in [2.24, 2.45) is 0 Å². The van der Waals surface area contributed by atoms with E-state index < -0.39 is 5.82 Å². The van der Waals surface area contributed by atoms with Crippen molar-refractivity contribution >= 4 is 23.1 Å². The number of nitrogens with zero attached hydrogens (tertiary/aromatic N) is 1. The summed E-state index contributed by atoms with van der Waals surface area (Å²) in [6, 6.07) is 13.1. The quantitative estimate of drug-likeness (QED) is 0.338. The van der Waals surface area contributed by atoms with Crippen molar-refractivity contribution in [3.63, 3.8) is 0 Å². The fourth-order valence-corrected chi connectivity index (χ4v) is 3.97. The highest BCUT2D eigenvalue weighted by atomic mass is 19.1. The van der Waals surface area contributed by atoms with Crippen molar-refractivity contribution in [3.8, 4) is 17.0 Å². The minimum atomic E-state index is -0.414. The van der Waals surface area contributed by atoms with E-state index in [4.69, 9.17) is 15.2 Å². The number of phenols is 1. The molecule has 2 heterocycles. The van der Waals surface area contributed by atoms with Gasteiger partial charge in [-0.1, -0.05) is 12.1 Å². The Morgan fingerprint density at radius 2 is 2.11 bits per heavy atom. The Balaban J connectivity index is 1.45. The van der Waals surface area contributed by atoms with Crippen molar-refractivity contribution in [2.45, 2.75) is 38.5 Å². The number of rotatable bonds is 9. The van der Waals surface area contributed by atoms with Gasteiger partial charge in [0.1, 0.15) is 17.4 Å². The molecule has 9 heteroatoms. The molecule has 2 aromatic carbocycles. The molecule has 1 aliphatic rings. The monoisotopic (exact) mass is 480 g/mol. The van der Waals surface area contributed by atoms with Gasteiger partial charge in [-0.15, -0.1) is 0 Å². The Morgan fingerprint density at radius 1 is 1.26 bits per heavy atom. The summed E-state index contributed by atoms with van der Waals surface area (Å²) >= 11 is 0. The van der Waals surface area contributed by atoms with Crippen LogP contribution in [0.1, 0.15) is 30.4 Å². The van der Waals surface area contributed by atoms with Gasteiger partial charge in [-0.2, -0.15) is 0 Å². The van der Waals surface area contributed by atoms with Gasteiger partial charge in [0.05, 0.1) is 30.5 Å². The van der Waals surface area contributed by atoms with Gasteiger partial charge in [-0.25, -0.2) is 9.37 Å². The first-order chi connectivity index (χ1) is 16.9. The molecule has 1 unspecified atom stereocenters. The molecule has 0 radical (unpaired) electrons. The van der Waals surface area contributed by atoms with Gasteiger partial charge in [0.15, 0.2) is 0 Å². The second-order valence-electron chi connectivity index (χ2n) is 8.46. The van der Waals surface area contributed by atoms with Crippen molar-refractivity contribution < 1.29 is 23.8 Å². The zero-order chi connectivity index (χ0) is 24.8. The lowest BCUT2D eigenvalue weighted by atomic mass is 10.1. The molecule has 1 saturated heterocycles. The minimum absolute atomic E-state index is 0.0102. The smallest absolute Gasteiger partial charge is 0.222 e. The molecule has 35 heavy (non-hydrogen) atoms. The van der Waals surface area contributed by atoms with Crippen LogP contribution in [-0.2, 0) is 27.4 Å². The summed E-state index contributed by atoms with van der Waals surface area (Å²) in [6.07, 6.45) is 2.19. The molecule has 3 aromatic rings. The van der Waals surface area contributed by atoms with E-state index in [1.165, 1.54) is 12.1 Å². The van der Waals surface area contributed by atoms with Crippen molar-refractivity contribution in [1.29, 1.82) is 0 Å². The molecular formula is C26H29FN4O4. The summed E-state index contributed by atoms with van der Waals surface area (Å²) in [5.41, 5.74) is 9.29. The van der Waals surface area contributed by atoms with Gasteiger partial charge in [0, 0.05) is 37.1 Å². The largest absolute Gasteiger partial charge is 0.507 e. The number of amides is 1. The Hall–Kier alpha value is -3.69. The predicted molar refractivity (Wildman–Crippen MR) is 132 cm³/mol. The van der Waals surface area contributed by atoms with Gasteiger partial charge < -0.3 is 30.9 Å². The number of aromatic nitrogens is 1. The maximum Gasteiger partial charge on any atom is 0.222 e. The first kappa shape index (κ1) is 24.4.